The molecule has 2 aromatic carbocycles. The second kappa shape index (κ2) is 12.0. The number of likely N-dealkylation sites (tertiary alicyclic amines) is 1. The van der Waals surface area contributed by atoms with Crippen LogP contribution in [0.15, 0.2) is 59.8 Å². The number of methoxy groups -OCH3 is 1. The van der Waals surface area contributed by atoms with Gasteiger partial charge in [-0.25, -0.2) is 0 Å². The number of imide groups is 2. The molecule has 0 radical (unpaired) electrons. The first-order valence-electron chi connectivity index (χ1n) is 16.0. The van der Waals surface area contributed by atoms with Crippen molar-refractivity contribution < 1.29 is 28.7 Å². The minimum Gasteiger partial charge on any atom is -0.496 e. The summed E-state index contributed by atoms with van der Waals surface area (Å²) in [5, 5.41) is 3.61. The highest BCUT2D eigenvalue weighted by Crippen LogP contribution is 2.37. The van der Waals surface area contributed by atoms with Crippen LogP contribution in [0.5, 0.6) is 11.5 Å². The minimum atomic E-state index is -1.02. The number of aryl methyl sites for hydroxylation is 2. The zero-order chi connectivity index (χ0) is 33.9. The van der Waals surface area contributed by atoms with Gasteiger partial charge in [0.25, 0.3) is 17.4 Å². The monoisotopic (exact) mass is 649 g/mol. The maximum atomic E-state index is 13.3. The predicted octanol–water partition coefficient (Wildman–Crippen LogP) is 3.22. The molecule has 3 aliphatic heterocycles. The maximum Gasteiger partial charge on any atom is 0.262 e. The van der Waals surface area contributed by atoms with Crippen molar-refractivity contribution in [1.29, 1.82) is 0 Å². The van der Waals surface area contributed by atoms with Crippen LogP contribution in [0, 0.1) is 0 Å². The molecule has 1 N–H and O–H groups in total. The van der Waals surface area contributed by atoms with Crippen LogP contribution < -0.4 is 20.3 Å². The topological polar surface area (TPSA) is 140 Å². The highest BCUT2D eigenvalue weighted by Gasteiger charge is 2.45. The van der Waals surface area contributed by atoms with Gasteiger partial charge in [0, 0.05) is 62.3 Å². The molecule has 7 rings (SSSR count). The zero-order valence-electron chi connectivity index (χ0n) is 27.1. The number of benzene rings is 2. The zero-order valence-corrected chi connectivity index (χ0v) is 27.1. The summed E-state index contributed by atoms with van der Waals surface area (Å²) in [6.45, 7) is 5.47. The summed E-state index contributed by atoms with van der Waals surface area (Å²) in [5.74, 6) is -0.944. The van der Waals surface area contributed by atoms with Crippen LogP contribution >= 0.6 is 0 Å². The van der Waals surface area contributed by atoms with E-state index in [1.54, 1.807) is 49.3 Å². The molecule has 2 saturated heterocycles. The Balaban J connectivity index is 1.07. The fourth-order valence-corrected chi connectivity index (χ4v) is 6.97. The average molecular weight is 650 g/mol. The van der Waals surface area contributed by atoms with E-state index in [1.165, 1.54) is 0 Å². The Morgan fingerprint density at radius 3 is 2.50 bits per heavy atom. The molecule has 12 heteroatoms. The number of nitrogens with one attached hydrogen (secondary N) is 1. The molecule has 0 aliphatic carbocycles. The summed E-state index contributed by atoms with van der Waals surface area (Å²) in [4.78, 5) is 70.4. The summed E-state index contributed by atoms with van der Waals surface area (Å²) in [7, 11) is 3.40. The third-order valence-electron chi connectivity index (χ3n) is 9.79. The number of nitrogens with zero attached hydrogens (tertiary/aromatic N) is 4. The molecule has 3 aliphatic rings. The molecule has 4 aromatic rings. The number of piperidine rings is 1. The van der Waals surface area contributed by atoms with Crippen LogP contribution in [0.1, 0.15) is 58.5 Å². The smallest absolute Gasteiger partial charge is 0.262 e. The summed E-state index contributed by atoms with van der Waals surface area (Å²) in [6.07, 6.45) is 5.95. The molecule has 2 aromatic heterocycles. The van der Waals surface area contributed by atoms with Crippen LogP contribution in [-0.2, 0) is 29.6 Å². The van der Waals surface area contributed by atoms with Gasteiger partial charge in [-0.2, -0.15) is 0 Å². The van der Waals surface area contributed by atoms with Crippen molar-refractivity contribution in [3.63, 3.8) is 0 Å². The molecule has 5 heterocycles. The lowest BCUT2D eigenvalue weighted by molar-refractivity contribution is -0.136. The van der Waals surface area contributed by atoms with Crippen molar-refractivity contribution in [1.82, 2.24) is 24.7 Å². The molecule has 4 amide bonds. The third kappa shape index (κ3) is 5.12. The number of carbonyl (C=O) groups is 4. The summed E-state index contributed by atoms with van der Waals surface area (Å²) in [5.41, 5.74) is 4.40. The van der Waals surface area contributed by atoms with Crippen LogP contribution in [0.3, 0.4) is 0 Å². The Kier molecular flexibility index (Phi) is 7.83. The van der Waals surface area contributed by atoms with E-state index in [1.807, 2.05) is 18.3 Å². The standard InChI is InChI=1S/C36H35N5O7/c1-5-20-12-21(27-16-39(3)34(44)26-15-37-11-10-23(26)27)13-30(47-4)28(20)17-40-18-31(19(40)2)48-22-6-7-24-25(14-22)36(46)41(35(24)45)29-8-9-32(42)38-33(29)43/h6-7,10-16,19,29,31H,5,8-9,17-18H2,1-4H3,(H,38,42,43). The van der Waals surface area contributed by atoms with Gasteiger partial charge in [-0.15, -0.1) is 0 Å². The maximum absolute atomic E-state index is 13.3. The Morgan fingerprint density at radius 2 is 1.77 bits per heavy atom. The normalized spacial score (nSPS) is 20.9. The van der Waals surface area contributed by atoms with E-state index >= 15 is 0 Å². The molecule has 3 unspecified atom stereocenters. The first-order chi connectivity index (χ1) is 23.1. The van der Waals surface area contributed by atoms with Crippen molar-refractivity contribution >= 4 is 34.4 Å². The highest BCUT2D eigenvalue weighted by atomic mass is 16.5. The largest absolute Gasteiger partial charge is 0.496 e. The Labute approximate surface area is 276 Å². The summed E-state index contributed by atoms with van der Waals surface area (Å²) >= 11 is 0. The fourth-order valence-electron chi connectivity index (χ4n) is 6.97. The number of pyridine rings is 2. The molecule has 12 nitrogen and oxygen atoms in total. The Hall–Kier alpha value is -5.36. The minimum absolute atomic E-state index is 0.0461. The summed E-state index contributed by atoms with van der Waals surface area (Å²) in [6, 6.07) is 9.87. The van der Waals surface area contributed by atoms with Gasteiger partial charge >= 0.3 is 0 Å². The molecule has 0 bridgehead atoms. The first-order valence-corrected chi connectivity index (χ1v) is 16.0. The molecule has 0 saturated carbocycles. The van der Waals surface area contributed by atoms with E-state index in [9.17, 15) is 24.0 Å². The SMILES string of the molecule is CCc1cc(-c2cn(C)c(=O)c3cnccc23)cc(OC)c1CN1CC(Oc2ccc3c(c2)C(=O)N(C2CCC(=O)NC2=O)C3=O)C1C. The quantitative estimate of drug-likeness (QED) is 0.285. The lowest BCUT2D eigenvalue weighted by Gasteiger charge is -2.46. The van der Waals surface area contributed by atoms with Gasteiger partial charge in [0.15, 0.2) is 0 Å². The lowest BCUT2D eigenvalue weighted by Crippen LogP contribution is -2.60. The second-order valence-corrected chi connectivity index (χ2v) is 12.5. The van der Waals surface area contributed by atoms with Gasteiger partial charge in [0.05, 0.1) is 23.6 Å². The molecule has 246 valence electrons. The predicted molar refractivity (Wildman–Crippen MR) is 176 cm³/mol. The number of aromatic nitrogens is 2. The molecule has 48 heavy (non-hydrogen) atoms. The van der Waals surface area contributed by atoms with Gasteiger partial charge in [-0.3, -0.25) is 44.1 Å². The van der Waals surface area contributed by atoms with Crippen LogP contribution in [0.2, 0.25) is 0 Å². The van der Waals surface area contributed by atoms with E-state index in [2.05, 4.69) is 35.1 Å². The van der Waals surface area contributed by atoms with E-state index in [0.29, 0.717) is 24.2 Å². The molecule has 3 atom stereocenters. The van der Waals surface area contributed by atoms with Gasteiger partial charge in [0.1, 0.15) is 23.6 Å². The van der Waals surface area contributed by atoms with Crippen molar-refractivity contribution in [2.24, 2.45) is 7.05 Å². The van der Waals surface area contributed by atoms with Crippen LogP contribution in [0.25, 0.3) is 21.9 Å². The number of ether oxygens (including phenoxy) is 2. The van der Waals surface area contributed by atoms with Gasteiger partial charge < -0.3 is 14.0 Å². The summed E-state index contributed by atoms with van der Waals surface area (Å²) < 4.78 is 13.8. The third-order valence-corrected chi connectivity index (χ3v) is 9.79. The van der Waals surface area contributed by atoms with Crippen molar-refractivity contribution in [2.75, 3.05) is 13.7 Å². The number of hydrogen-bond donors (Lipinski definition) is 1. The Morgan fingerprint density at radius 1 is 0.979 bits per heavy atom. The number of fused-ring (bicyclic) bond motifs is 2. The first kappa shape index (κ1) is 31.3. The van der Waals surface area contributed by atoms with Crippen molar-refractivity contribution in [3.05, 3.63) is 87.6 Å². The molecule has 2 fully saturated rings. The number of carbonyl (C=O) groups excluding carboxylic acids is 4. The van der Waals surface area contributed by atoms with E-state index in [-0.39, 0.29) is 41.7 Å². The highest BCUT2D eigenvalue weighted by molar-refractivity contribution is 6.23. The number of hydrogen-bond acceptors (Lipinski definition) is 9. The van der Waals surface area contributed by atoms with E-state index in [4.69, 9.17) is 9.47 Å². The van der Waals surface area contributed by atoms with E-state index in [0.717, 1.165) is 44.7 Å². The van der Waals surface area contributed by atoms with Gasteiger partial charge in [-0.1, -0.05) is 13.0 Å². The molecular formula is C36H35N5O7. The van der Waals surface area contributed by atoms with Crippen LogP contribution in [0.4, 0.5) is 0 Å². The number of rotatable bonds is 8. The van der Waals surface area contributed by atoms with Gasteiger partial charge in [-0.05, 0) is 66.6 Å². The lowest BCUT2D eigenvalue weighted by atomic mass is 9.93. The molecular weight excluding hydrogens is 614 g/mol. The van der Waals surface area contributed by atoms with E-state index < -0.39 is 29.7 Å². The fraction of sp³-hybridized carbons (Fsp3) is 0.333. The van der Waals surface area contributed by atoms with Crippen molar-refractivity contribution in [2.45, 2.75) is 57.8 Å². The van der Waals surface area contributed by atoms with Crippen molar-refractivity contribution in [3.8, 4) is 22.6 Å². The van der Waals surface area contributed by atoms with Crippen LogP contribution in [-0.4, -0.2) is 74.8 Å². The molecule has 0 spiro atoms. The number of amides is 4. The Bertz CT molecular complexity index is 2060. The average Bonchev–Trinajstić information content (AvgIpc) is 3.33. The second-order valence-electron chi connectivity index (χ2n) is 12.5. The van der Waals surface area contributed by atoms with Gasteiger partial charge in [0.2, 0.25) is 11.8 Å².